The van der Waals surface area contributed by atoms with Gasteiger partial charge in [-0.2, -0.15) is 0 Å². The van der Waals surface area contributed by atoms with Crippen LogP contribution in [0, 0.1) is 37.0 Å². The van der Waals surface area contributed by atoms with Crippen molar-refractivity contribution in [3.05, 3.63) is 29.3 Å². The Bertz CT molecular complexity index is 616. The van der Waals surface area contributed by atoms with Crippen molar-refractivity contribution in [3.63, 3.8) is 0 Å². The Kier molecular flexibility index (Phi) is 4.11. The van der Waals surface area contributed by atoms with Crippen LogP contribution in [-0.2, 0) is 0 Å². The van der Waals surface area contributed by atoms with E-state index in [1.807, 2.05) is 0 Å². The van der Waals surface area contributed by atoms with Crippen molar-refractivity contribution in [2.75, 3.05) is 5.32 Å². The molecule has 1 aromatic carbocycles. The summed E-state index contributed by atoms with van der Waals surface area (Å²) in [5, 5.41) is 7.87. The second-order valence-electron chi connectivity index (χ2n) is 8.92. The summed E-state index contributed by atoms with van der Waals surface area (Å²) in [4.78, 5) is 0. The van der Waals surface area contributed by atoms with Crippen LogP contribution in [0.1, 0.15) is 56.6 Å². The number of nitrogens with one attached hydrogen (secondary N) is 2. The minimum absolute atomic E-state index is 0.469. The third kappa shape index (κ3) is 2.96. The van der Waals surface area contributed by atoms with Crippen LogP contribution in [0.25, 0.3) is 0 Å². The first-order valence-corrected chi connectivity index (χ1v) is 9.99. The molecular weight excluding hydrogens is 312 g/mol. The van der Waals surface area contributed by atoms with Crippen LogP contribution in [-0.4, -0.2) is 11.2 Å². The quantitative estimate of drug-likeness (QED) is 0.739. The molecule has 4 aliphatic carbocycles. The maximum absolute atomic E-state index is 5.65. The maximum atomic E-state index is 5.65. The van der Waals surface area contributed by atoms with Crippen molar-refractivity contribution in [2.24, 2.45) is 23.2 Å². The van der Waals surface area contributed by atoms with Crippen molar-refractivity contribution in [2.45, 2.75) is 65.3 Å². The lowest BCUT2D eigenvalue weighted by atomic mass is 9.48. The van der Waals surface area contributed by atoms with E-state index in [0.717, 1.165) is 28.6 Å². The lowest BCUT2D eigenvalue weighted by Crippen LogP contribution is -2.56. The summed E-state index contributed by atoms with van der Waals surface area (Å²) in [5.41, 5.74) is 4.12. The van der Waals surface area contributed by atoms with Gasteiger partial charge in [0.15, 0.2) is 5.11 Å². The molecule has 4 bridgehead atoms. The van der Waals surface area contributed by atoms with Crippen LogP contribution in [0.15, 0.2) is 18.2 Å². The molecule has 0 heterocycles. The maximum Gasteiger partial charge on any atom is 0.171 e. The normalized spacial score (nSPS) is 34.9. The fourth-order valence-electron chi connectivity index (χ4n) is 6.09. The lowest BCUT2D eigenvalue weighted by Gasteiger charge is -2.59. The Labute approximate surface area is 151 Å². The predicted octanol–water partition coefficient (Wildman–Crippen LogP) is 5.19. The molecule has 0 saturated heterocycles. The number of hydrogen-bond donors (Lipinski definition) is 2. The Morgan fingerprint density at radius 3 is 2.25 bits per heavy atom. The molecule has 4 saturated carbocycles. The van der Waals surface area contributed by atoms with Gasteiger partial charge in [0.2, 0.25) is 0 Å². The van der Waals surface area contributed by atoms with E-state index in [1.54, 1.807) is 0 Å². The van der Waals surface area contributed by atoms with Gasteiger partial charge < -0.3 is 10.6 Å². The van der Waals surface area contributed by atoms with E-state index >= 15 is 0 Å². The van der Waals surface area contributed by atoms with E-state index in [2.05, 4.69) is 49.6 Å². The molecule has 1 aromatic rings. The summed E-state index contributed by atoms with van der Waals surface area (Å²) in [6, 6.07) is 6.95. The minimum atomic E-state index is 0.469. The van der Waals surface area contributed by atoms with Gasteiger partial charge in [0.25, 0.3) is 0 Å². The van der Waals surface area contributed by atoms with Crippen molar-refractivity contribution in [1.82, 2.24) is 5.32 Å². The first-order valence-electron chi connectivity index (χ1n) is 9.58. The molecule has 24 heavy (non-hydrogen) atoms. The molecule has 130 valence electrons. The van der Waals surface area contributed by atoms with Crippen LogP contribution in [0.4, 0.5) is 5.69 Å². The molecule has 3 heteroatoms. The Morgan fingerprint density at radius 2 is 1.67 bits per heavy atom. The highest BCUT2D eigenvalue weighted by atomic mass is 32.1. The second kappa shape index (κ2) is 6.01. The summed E-state index contributed by atoms with van der Waals surface area (Å²) >= 11 is 5.65. The predicted molar refractivity (Wildman–Crippen MR) is 105 cm³/mol. The average Bonchev–Trinajstić information content (AvgIpc) is 2.49. The number of aryl methyl sites for hydroxylation is 2. The fraction of sp³-hybridized carbons (Fsp3) is 0.667. The monoisotopic (exact) mass is 342 g/mol. The highest BCUT2D eigenvalue weighted by Gasteiger charge is 2.53. The largest absolute Gasteiger partial charge is 0.359 e. The van der Waals surface area contributed by atoms with Gasteiger partial charge in [-0.1, -0.05) is 12.1 Å². The third-order valence-electron chi connectivity index (χ3n) is 6.99. The molecule has 2 N–H and O–H groups in total. The number of rotatable bonds is 3. The van der Waals surface area contributed by atoms with E-state index in [4.69, 9.17) is 12.2 Å². The molecule has 1 atom stereocenters. The summed E-state index contributed by atoms with van der Waals surface area (Å²) in [5.74, 6) is 2.96. The van der Waals surface area contributed by atoms with E-state index < -0.39 is 0 Å². The molecule has 2 nitrogen and oxygen atoms in total. The Balaban J connectivity index is 1.43. The van der Waals surface area contributed by atoms with Gasteiger partial charge in [0.05, 0.1) is 0 Å². The van der Waals surface area contributed by atoms with Gasteiger partial charge in [-0.25, -0.2) is 0 Å². The van der Waals surface area contributed by atoms with Crippen molar-refractivity contribution in [1.29, 1.82) is 0 Å². The van der Waals surface area contributed by atoms with Crippen molar-refractivity contribution >= 4 is 23.0 Å². The van der Waals surface area contributed by atoms with E-state index in [0.29, 0.717) is 11.5 Å². The van der Waals surface area contributed by atoms with Gasteiger partial charge in [0, 0.05) is 11.7 Å². The summed E-state index contributed by atoms with van der Waals surface area (Å²) in [7, 11) is 0. The van der Waals surface area contributed by atoms with Gasteiger partial charge in [0.1, 0.15) is 0 Å². The summed E-state index contributed by atoms with van der Waals surface area (Å²) in [6.07, 6.45) is 8.74. The molecular formula is C21H30N2S. The molecule has 0 aliphatic heterocycles. The molecule has 0 spiro atoms. The van der Waals surface area contributed by atoms with Crippen molar-refractivity contribution < 1.29 is 0 Å². The molecule has 0 radical (unpaired) electrons. The molecule has 0 aromatic heterocycles. The minimum Gasteiger partial charge on any atom is -0.359 e. The van der Waals surface area contributed by atoms with Crippen LogP contribution in [0.3, 0.4) is 0 Å². The molecule has 4 aliphatic rings. The summed E-state index contributed by atoms with van der Waals surface area (Å²) < 4.78 is 0. The van der Waals surface area contributed by atoms with Crippen LogP contribution >= 0.6 is 12.2 Å². The molecule has 0 amide bonds. The Hall–Kier alpha value is -1.09. The number of hydrogen-bond acceptors (Lipinski definition) is 1. The van der Waals surface area contributed by atoms with Gasteiger partial charge >= 0.3 is 0 Å². The first-order chi connectivity index (χ1) is 11.4. The fourth-order valence-corrected chi connectivity index (χ4v) is 6.37. The summed E-state index contributed by atoms with van der Waals surface area (Å²) in [6.45, 7) is 6.62. The third-order valence-corrected chi connectivity index (χ3v) is 7.21. The van der Waals surface area contributed by atoms with Crippen molar-refractivity contribution in [3.8, 4) is 0 Å². The highest BCUT2D eigenvalue weighted by Crippen LogP contribution is 2.61. The van der Waals surface area contributed by atoms with Crippen LogP contribution in [0.5, 0.6) is 0 Å². The second-order valence-corrected chi connectivity index (χ2v) is 9.33. The molecule has 5 rings (SSSR count). The van der Waals surface area contributed by atoms with Crippen LogP contribution in [0.2, 0.25) is 0 Å². The van der Waals surface area contributed by atoms with E-state index in [-0.39, 0.29) is 0 Å². The first kappa shape index (κ1) is 16.4. The lowest BCUT2D eigenvalue weighted by molar-refractivity contribution is -0.0671. The molecule has 4 fully saturated rings. The van der Waals surface area contributed by atoms with Crippen LogP contribution < -0.4 is 10.6 Å². The van der Waals surface area contributed by atoms with Gasteiger partial charge in [-0.3, -0.25) is 0 Å². The number of thiocarbonyl (C=S) groups is 1. The topological polar surface area (TPSA) is 24.1 Å². The number of benzene rings is 1. The van der Waals surface area contributed by atoms with Gasteiger partial charge in [-0.15, -0.1) is 0 Å². The highest BCUT2D eigenvalue weighted by molar-refractivity contribution is 7.80. The van der Waals surface area contributed by atoms with Gasteiger partial charge in [-0.05, 0) is 112 Å². The standard InChI is InChI=1S/C21H30N2S/c1-13-4-5-14(2)19(6-13)23-20(24)22-15(3)21-10-16-7-17(11-21)9-18(8-16)12-21/h4-6,15-18H,7-12H2,1-3H3,(H2,22,23,24). The zero-order valence-corrected chi connectivity index (χ0v) is 16.0. The van der Waals surface area contributed by atoms with E-state index in [9.17, 15) is 0 Å². The van der Waals surface area contributed by atoms with E-state index in [1.165, 1.54) is 49.7 Å². The average molecular weight is 343 g/mol. The number of anilines is 1. The smallest absolute Gasteiger partial charge is 0.171 e. The zero-order chi connectivity index (χ0) is 16.9. The molecule has 1 unspecified atom stereocenters. The SMILES string of the molecule is Cc1ccc(C)c(NC(=S)NC(C)C23CC4CC(CC(C4)C2)C3)c1. The Morgan fingerprint density at radius 1 is 1.08 bits per heavy atom. The zero-order valence-electron chi connectivity index (χ0n) is 15.2.